The Morgan fingerprint density at radius 2 is 1.41 bits per heavy atom. The van der Waals surface area contributed by atoms with Crippen LogP contribution in [0.15, 0.2) is 24.3 Å². The monoisotopic (exact) mass is 441 g/mol. The molecule has 1 aliphatic carbocycles. The minimum Gasteiger partial charge on any atom is -0.339 e. The van der Waals surface area contributed by atoms with Gasteiger partial charge in [0.1, 0.15) is 0 Å². The van der Waals surface area contributed by atoms with Crippen LogP contribution >= 0.6 is 0 Å². The van der Waals surface area contributed by atoms with Crippen LogP contribution in [0.25, 0.3) is 0 Å². The fourth-order valence-electron chi connectivity index (χ4n) is 4.92. The number of nitrogens with one attached hydrogen (secondary N) is 3. The van der Waals surface area contributed by atoms with Crippen LogP contribution in [0.2, 0.25) is 0 Å². The smallest absolute Gasteiger partial charge is 0.321 e. The molecule has 2 heterocycles. The summed E-state index contributed by atoms with van der Waals surface area (Å²) in [5.74, 6) is 0.0250. The SMILES string of the molecule is O=C(NC1CCCCC1)NC1CCN(C(=O)Nc2cccc(C(=O)N3CCCC3)c2)CC1. The predicted octanol–water partition coefficient (Wildman–Crippen LogP) is 3.55. The van der Waals surface area contributed by atoms with Crippen LogP contribution in [0.5, 0.6) is 0 Å². The lowest BCUT2D eigenvalue weighted by Crippen LogP contribution is -2.51. The number of benzene rings is 1. The van der Waals surface area contributed by atoms with E-state index in [2.05, 4.69) is 16.0 Å². The van der Waals surface area contributed by atoms with Crippen molar-refractivity contribution < 1.29 is 14.4 Å². The maximum Gasteiger partial charge on any atom is 0.321 e. The number of hydrogen-bond acceptors (Lipinski definition) is 3. The molecule has 0 spiro atoms. The van der Waals surface area contributed by atoms with Gasteiger partial charge in [0.05, 0.1) is 0 Å². The highest BCUT2D eigenvalue weighted by Crippen LogP contribution is 2.19. The van der Waals surface area contributed by atoms with Gasteiger partial charge in [-0.05, 0) is 56.7 Å². The van der Waals surface area contributed by atoms with Gasteiger partial charge in [-0.2, -0.15) is 0 Å². The molecule has 5 amide bonds. The van der Waals surface area contributed by atoms with Gasteiger partial charge in [0.25, 0.3) is 5.91 Å². The van der Waals surface area contributed by atoms with Gasteiger partial charge in [0.2, 0.25) is 0 Å². The van der Waals surface area contributed by atoms with Crippen molar-refractivity contribution in [3.8, 4) is 0 Å². The number of piperidine rings is 1. The molecule has 174 valence electrons. The lowest BCUT2D eigenvalue weighted by molar-refractivity contribution is 0.0792. The van der Waals surface area contributed by atoms with Crippen LogP contribution < -0.4 is 16.0 Å². The quantitative estimate of drug-likeness (QED) is 0.667. The van der Waals surface area contributed by atoms with E-state index >= 15 is 0 Å². The van der Waals surface area contributed by atoms with E-state index in [1.165, 1.54) is 19.3 Å². The van der Waals surface area contributed by atoms with Crippen LogP contribution in [-0.2, 0) is 0 Å². The van der Waals surface area contributed by atoms with Gasteiger partial charge in [0, 0.05) is 49.5 Å². The summed E-state index contributed by atoms with van der Waals surface area (Å²) < 4.78 is 0. The molecule has 1 saturated carbocycles. The molecule has 0 atom stereocenters. The molecule has 2 aliphatic heterocycles. The number of urea groups is 2. The maximum absolute atomic E-state index is 12.7. The zero-order valence-electron chi connectivity index (χ0n) is 18.8. The summed E-state index contributed by atoms with van der Waals surface area (Å²) in [5.41, 5.74) is 1.24. The Morgan fingerprint density at radius 3 is 2.09 bits per heavy atom. The standard InChI is InChI=1S/C24H35N5O3/c30-22(28-13-4-5-14-28)18-7-6-10-21(17-18)27-24(32)29-15-11-20(12-16-29)26-23(31)25-19-8-2-1-3-9-19/h6-7,10,17,19-20H,1-5,8-9,11-16H2,(H,27,32)(H2,25,26,31). The van der Waals surface area contributed by atoms with Crippen LogP contribution in [0.3, 0.4) is 0 Å². The van der Waals surface area contributed by atoms with Gasteiger partial charge < -0.3 is 25.8 Å². The third kappa shape index (κ3) is 5.93. The Labute approximate surface area is 190 Å². The fourth-order valence-corrected chi connectivity index (χ4v) is 4.92. The summed E-state index contributed by atoms with van der Waals surface area (Å²) in [4.78, 5) is 41.2. The Balaban J connectivity index is 1.22. The average Bonchev–Trinajstić information content (AvgIpc) is 3.35. The molecule has 1 aromatic carbocycles. The van der Waals surface area contributed by atoms with E-state index in [1.54, 1.807) is 23.1 Å². The number of hydrogen-bond donors (Lipinski definition) is 3. The number of rotatable bonds is 4. The molecule has 0 radical (unpaired) electrons. The van der Waals surface area contributed by atoms with Gasteiger partial charge in [-0.15, -0.1) is 0 Å². The van der Waals surface area contributed by atoms with Crippen molar-refractivity contribution >= 4 is 23.7 Å². The van der Waals surface area contributed by atoms with Gasteiger partial charge >= 0.3 is 12.1 Å². The second kappa shape index (κ2) is 10.7. The lowest BCUT2D eigenvalue weighted by atomic mass is 9.96. The normalized spacial score (nSPS) is 20.1. The minimum absolute atomic E-state index is 0.0250. The highest BCUT2D eigenvalue weighted by Gasteiger charge is 2.25. The molecule has 8 nitrogen and oxygen atoms in total. The van der Waals surface area contributed by atoms with E-state index in [4.69, 9.17) is 0 Å². The molecular formula is C24H35N5O3. The Bertz CT molecular complexity index is 810. The molecule has 0 unspecified atom stereocenters. The third-order valence-electron chi connectivity index (χ3n) is 6.81. The largest absolute Gasteiger partial charge is 0.339 e. The van der Waals surface area contributed by atoms with E-state index in [-0.39, 0.29) is 24.0 Å². The fraction of sp³-hybridized carbons (Fsp3) is 0.625. The molecule has 1 aromatic rings. The van der Waals surface area contributed by atoms with Gasteiger partial charge in [-0.3, -0.25) is 4.79 Å². The maximum atomic E-state index is 12.7. The van der Waals surface area contributed by atoms with E-state index in [0.29, 0.717) is 30.4 Å². The summed E-state index contributed by atoms with van der Waals surface area (Å²) >= 11 is 0. The average molecular weight is 442 g/mol. The van der Waals surface area contributed by atoms with Gasteiger partial charge in [0.15, 0.2) is 0 Å². The minimum atomic E-state index is -0.166. The molecule has 0 bridgehead atoms. The summed E-state index contributed by atoms with van der Waals surface area (Å²) in [6.07, 6.45) is 9.34. The first-order valence-electron chi connectivity index (χ1n) is 12.1. The van der Waals surface area contributed by atoms with Crippen LogP contribution in [0, 0.1) is 0 Å². The molecule has 3 N–H and O–H groups in total. The number of anilines is 1. The molecule has 3 fully saturated rings. The molecule has 2 saturated heterocycles. The van der Waals surface area contributed by atoms with Crippen molar-refractivity contribution in [1.29, 1.82) is 0 Å². The number of nitrogens with zero attached hydrogens (tertiary/aromatic N) is 2. The first-order valence-corrected chi connectivity index (χ1v) is 12.1. The van der Waals surface area contributed by atoms with Crippen molar-refractivity contribution in [2.45, 2.75) is 69.9 Å². The Hall–Kier alpha value is -2.77. The highest BCUT2D eigenvalue weighted by atomic mass is 16.2. The topological polar surface area (TPSA) is 93.8 Å². The van der Waals surface area contributed by atoms with E-state index < -0.39 is 0 Å². The van der Waals surface area contributed by atoms with Crippen molar-refractivity contribution in [2.24, 2.45) is 0 Å². The second-order valence-corrected chi connectivity index (χ2v) is 9.22. The predicted molar refractivity (Wildman–Crippen MR) is 124 cm³/mol. The Morgan fingerprint density at radius 1 is 0.750 bits per heavy atom. The lowest BCUT2D eigenvalue weighted by Gasteiger charge is -2.33. The summed E-state index contributed by atoms with van der Waals surface area (Å²) in [5, 5.41) is 9.09. The zero-order chi connectivity index (χ0) is 22.3. The molecule has 4 rings (SSSR count). The van der Waals surface area contributed by atoms with Crippen LogP contribution in [0.1, 0.15) is 68.1 Å². The number of carbonyl (C=O) groups excluding carboxylic acids is 3. The highest BCUT2D eigenvalue weighted by molar-refractivity contribution is 5.97. The van der Waals surface area contributed by atoms with Crippen LogP contribution in [0.4, 0.5) is 15.3 Å². The van der Waals surface area contributed by atoms with E-state index in [0.717, 1.165) is 51.6 Å². The first kappa shape index (κ1) is 22.4. The number of likely N-dealkylation sites (tertiary alicyclic amines) is 2. The van der Waals surface area contributed by atoms with Crippen molar-refractivity contribution in [2.75, 3.05) is 31.5 Å². The van der Waals surface area contributed by atoms with Gasteiger partial charge in [-0.25, -0.2) is 9.59 Å². The molecule has 32 heavy (non-hydrogen) atoms. The number of carbonyl (C=O) groups is 3. The molecule has 8 heteroatoms. The molecule has 0 aromatic heterocycles. The van der Waals surface area contributed by atoms with Gasteiger partial charge in [-0.1, -0.05) is 25.3 Å². The van der Waals surface area contributed by atoms with Crippen molar-refractivity contribution in [1.82, 2.24) is 20.4 Å². The molecule has 3 aliphatic rings. The molecular weight excluding hydrogens is 406 g/mol. The zero-order valence-corrected chi connectivity index (χ0v) is 18.8. The second-order valence-electron chi connectivity index (χ2n) is 9.22. The Kier molecular flexibility index (Phi) is 7.50. The summed E-state index contributed by atoms with van der Waals surface area (Å²) in [7, 11) is 0. The van der Waals surface area contributed by atoms with E-state index in [9.17, 15) is 14.4 Å². The van der Waals surface area contributed by atoms with Crippen LogP contribution in [-0.4, -0.2) is 66.0 Å². The summed E-state index contributed by atoms with van der Waals surface area (Å²) in [6, 6.07) is 7.29. The van der Waals surface area contributed by atoms with Crippen molar-refractivity contribution in [3.63, 3.8) is 0 Å². The number of amides is 5. The summed E-state index contributed by atoms with van der Waals surface area (Å²) in [6.45, 7) is 2.79. The van der Waals surface area contributed by atoms with Crippen molar-refractivity contribution in [3.05, 3.63) is 29.8 Å². The first-order chi connectivity index (χ1) is 15.6. The van der Waals surface area contributed by atoms with E-state index in [1.807, 2.05) is 11.0 Å². The third-order valence-corrected chi connectivity index (χ3v) is 6.81.